The lowest BCUT2D eigenvalue weighted by atomic mass is 10.1. The van der Waals surface area contributed by atoms with Gasteiger partial charge in [0.15, 0.2) is 18.2 Å². The lowest BCUT2D eigenvalue weighted by Crippen LogP contribution is -2.43. The third-order valence-corrected chi connectivity index (χ3v) is 4.88. The summed E-state index contributed by atoms with van der Waals surface area (Å²) in [5.74, 6) is -2.29. The lowest BCUT2D eigenvalue weighted by molar-refractivity contribution is -0.132. The number of hydrogen-bond acceptors (Lipinski definition) is 4. The van der Waals surface area contributed by atoms with Gasteiger partial charge in [0.1, 0.15) is 5.75 Å². The molecule has 1 N–H and O–H groups in total. The Kier molecular flexibility index (Phi) is 6.43. The maximum Gasteiger partial charge on any atom is 0.260 e. The molecular formula is C21H22F2N2O4. The second-order valence-electron chi connectivity index (χ2n) is 6.83. The van der Waals surface area contributed by atoms with Crippen molar-refractivity contribution in [1.29, 1.82) is 0 Å². The predicted molar refractivity (Wildman–Crippen MR) is 102 cm³/mol. The van der Waals surface area contributed by atoms with Gasteiger partial charge in [-0.05, 0) is 36.2 Å². The molecule has 1 aliphatic heterocycles. The first-order valence-electron chi connectivity index (χ1n) is 9.25. The average molecular weight is 404 g/mol. The third kappa shape index (κ3) is 4.71. The fourth-order valence-electron chi connectivity index (χ4n) is 3.41. The van der Waals surface area contributed by atoms with Gasteiger partial charge in [-0.1, -0.05) is 18.2 Å². The molecule has 1 aliphatic rings. The minimum Gasteiger partial charge on any atom is -0.484 e. The van der Waals surface area contributed by atoms with E-state index in [1.54, 1.807) is 29.2 Å². The van der Waals surface area contributed by atoms with Crippen molar-refractivity contribution in [2.75, 3.05) is 24.6 Å². The Morgan fingerprint density at radius 3 is 2.59 bits per heavy atom. The van der Waals surface area contributed by atoms with Crippen molar-refractivity contribution in [3.05, 3.63) is 59.7 Å². The smallest absolute Gasteiger partial charge is 0.260 e. The van der Waals surface area contributed by atoms with Crippen LogP contribution in [-0.2, 0) is 16.2 Å². The van der Waals surface area contributed by atoms with Crippen LogP contribution >= 0.6 is 0 Å². The van der Waals surface area contributed by atoms with E-state index in [0.29, 0.717) is 18.7 Å². The van der Waals surface area contributed by atoms with E-state index in [0.717, 1.165) is 11.6 Å². The van der Waals surface area contributed by atoms with Crippen molar-refractivity contribution >= 4 is 17.5 Å². The number of aliphatic hydroxyl groups is 1. The fourth-order valence-corrected chi connectivity index (χ4v) is 3.41. The van der Waals surface area contributed by atoms with Gasteiger partial charge in [-0.25, -0.2) is 8.78 Å². The van der Waals surface area contributed by atoms with Crippen LogP contribution in [0.5, 0.6) is 5.75 Å². The molecule has 0 radical (unpaired) electrons. The number of hydrogen-bond donors (Lipinski definition) is 1. The molecule has 1 unspecified atom stereocenters. The van der Waals surface area contributed by atoms with Gasteiger partial charge in [-0.15, -0.1) is 0 Å². The van der Waals surface area contributed by atoms with E-state index in [4.69, 9.17) is 9.84 Å². The highest BCUT2D eigenvalue weighted by atomic mass is 19.2. The Labute approximate surface area is 167 Å². The molecule has 1 heterocycles. The molecular weight excluding hydrogens is 382 g/mol. The molecule has 6 nitrogen and oxygen atoms in total. The highest BCUT2D eigenvalue weighted by molar-refractivity contribution is 5.92. The normalized spacial score (nSPS) is 16.0. The summed E-state index contributed by atoms with van der Waals surface area (Å²) in [4.78, 5) is 27.3. The Morgan fingerprint density at radius 1 is 1.21 bits per heavy atom. The number of anilines is 1. The number of nitrogens with zero attached hydrogens (tertiary/aromatic N) is 2. The second-order valence-corrected chi connectivity index (χ2v) is 6.83. The number of carbonyl (C=O) groups is 2. The number of likely N-dealkylation sites (tertiary alicyclic amines) is 1. The molecule has 2 aromatic rings. The molecule has 0 spiro atoms. The molecule has 8 heteroatoms. The number of carbonyl (C=O) groups excluding carboxylic acids is 2. The quantitative estimate of drug-likeness (QED) is 0.803. The zero-order chi connectivity index (χ0) is 21.0. The SMILES string of the molecule is CC(=O)N(c1cccc(F)c1F)C1CCN(C(=O)COc2ccc(CO)cc2)C1. The number of rotatable bonds is 6. The summed E-state index contributed by atoms with van der Waals surface area (Å²) in [6, 6.07) is 9.96. The van der Waals surface area contributed by atoms with Crippen molar-refractivity contribution < 1.29 is 28.2 Å². The molecule has 1 fully saturated rings. The van der Waals surface area contributed by atoms with Crippen LogP contribution in [0.1, 0.15) is 18.9 Å². The van der Waals surface area contributed by atoms with Crippen molar-refractivity contribution in [2.24, 2.45) is 0 Å². The first-order chi connectivity index (χ1) is 13.9. The van der Waals surface area contributed by atoms with Crippen molar-refractivity contribution in [2.45, 2.75) is 26.0 Å². The zero-order valence-corrected chi connectivity index (χ0v) is 16.0. The minimum atomic E-state index is -1.08. The molecule has 1 atom stereocenters. The first-order valence-corrected chi connectivity index (χ1v) is 9.25. The second kappa shape index (κ2) is 9.00. The number of amides is 2. The summed E-state index contributed by atoms with van der Waals surface area (Å²) in [6.07, 6.45) is 0.451. The molecule has 0 saturated carbocycles. The van der Waals surface area contributed by atoms with E-state index in [-0.39, 0.29) is 31.4 Å². The van der Waals surface area contributed by atoms with Crippen molar-refractivity contribution in [3.8, 4) is 5.75 Å². The molecule has 154 valence electrons. The monoisotopic (exact) mass is 404 g/mol. The Hall–Kier alpha value is -3.00. The Morgan fingerprint density at radius 2 is 1.93 bits per heavy atom. The van der Waals surface area contributed by atoms with Crippen LogP contribution in [0.3, 0.4) is 0 Å². The van der Waals surface area contributed by atoms with Gasteiger partial charge in [0.25, 0.3) is 5.91 Å². The largest absolute Gasteiger partial charge is 0.484 e. The predicted octanol–water partition coefficient (Wildman–Crippen LogP) is 2.49. The number of ether oxygens (including phenoxy) is 1. The molecule has 1 saturated heterocycles. The van der Waals surface area contributed by atoms with Gasteiger partial charge in [-0.2, -0.15) is 0 Å². The van der Waals surface area contributed by atoms with Gasteiger partial charge in [0, 0.05) is 20.0 Å². The molecule has 29 heavy (non-hydrogen) atoms. The van der Waals surface area contributed by atoms with Gasteiger partial charge in [0.2, 0.25) is 5.91 Å². The molecule has 2 aromatic carbocycles. The van der Waals surface area contributed by atoms with Gasteiger partial charge in [0.05, 0.1) is 18.3 Å². The fraction of sp³-hybridized carbons (Fsp3) is 0.333. The molecule has 0 aromatic heterocycles. The van der Waals surface area contributed by atoms with E-state index in [9.17, 15) is 18.4 Å². The maximum absolute atomic E-state index is 14.2. The maximum atomic E-state index is 14.2. The van der Waals surface area contributed by atoms with E-state index < -0.39 is 23.6 Å². The third-order valence-electron chi connectivity index (χ3n) is 4.88. The van der Waals surface area contributed by atoms with E-state index in [1.165, 1.54) is 24.0 Å². The highest BCUT2D eigenvalue weighted by Gasteiger charge is 2.34. The molecule has 3 rings (SSSR count). The van der Waals surface area contributed by atoms with Crippen molar-refractivity contribution in [3.63, 3.8) is 0 Å². The Balaban J connectivity index is 1.63. The van der Waals surface area contributed by atoms with Crippen LogP contribution in [0.15, 0.2) is 42.5 Å². The summed E-state index contributed by atoms with van der Waals surface area (Å²) in [5, 5.41) is 9.04. The van der Waals surface area contributed by atoms with Gasteiger partial charge >= 0.3 is 0 Å². The molecule has 0 aliphatic carbocycles. The van der Waals surface area contributed by atoms with Crippen LogP contribution in [0, 0.1) is 11.6 Å². The highest BCUT2D eigenvalue weighted by Crippen LogP contribution is 2.27. The molecule has 2 amide bonds. The van der Waals surface area contributed by atoms with Crippen LogP contribution < -0.4 is 9.64 Å². The lowest BCUT2D eigenvalue weighted by Gasteiger charge is -2.28. The van der Waals surface area contributed by atoms with Gasteiger partial charge < -0.3 is 19.6 Å². The minimum absolute atomic E-state index is 0.0765. The first kappa shape index (κ1) is 20.7. The zero-order valence-electron chi connectivity index (χ0n) is 16.0. The van der Waals surface area contributed by atoms with Crippen LogP contribution in [0.25, 0.3) is 0 Å². The summed E-state index contributed by atoms with van der Waals surface area (Å²) in [6.45, 7) is 1.62. The van der Waals surface area contributed by atoms with E-state index in [1.807, 2.05) is 0 Å². The van der Waals surface area contributed by atoms with E-state index >= 15 is 0 Å². The van der Waals surface area contributed by atoms with Crippen molar-refractivity contribution in [1.82, 2.24) is 4.90 Å². The molecule has 0 bridgehead atoms. The van der Waals surface area contributed by atoms with Gasteiger partial charge in [-0.3, -0.25) is 9.59 Å². The number of benzene rings is 2. The average Bonchev–Trinajstić information content (AvgIpc) is 3.19. The van der Waals surface area contributed by atoms with Crippen LogP contribution in [0.4, 0.5) is 14.5 Å². The topological polar surface area (TPSA) is 70.1 Å². The van der Waals surface area contributed by atoms with E-state index in [2.05, 4.69) is 0 Å². The Bertz CT molecular complexity index is 889. The number of halogens is 2. The van der Waals surface area contributed by atoms with Crippen LogP contribution in [-0.4, -0.2) is 47.6 Å². The summed E-state index contributed by atoms with van der Waals surface area (Å²) >= 11 is 0. The van der Waals surface area contributed by atoms with Crippen LogP contribution in [0.2, 0.25) is 0 Å². The standard InChI is InChI=1S/C21H22F2N2O4/c1-14(27)25(19-4-2-3-18(22)21(19)23)16-9-10-24(11-16)20(28)13-29-17-7-5-15(12-26)6-8-17/h2-8,16,26H,9-13H2,1H3. The summed E-state index contributed by atoms with van der Waals surface area (Å²) < 4.78 is 33.3. The summed E-state index contributed by atoms with van der Waals surface area (Å²) in [7, 11) is 0. The summed E-state index contributed by atoms with van der Waals surface area (Å²) in [5.41, 5.74) is 0.608. The number of aliphatic hydroxyl groups excluding tert-OH is 1.